The molecule has 0 spiro atoms. The summed E-state index contributed by atoms with van der Waals surface area (Å²) in [6.07, 6.45) is 0.777. The third kappa shape index (κ3) is 3.91. The molecule has 0 radical (unpaired) electrons. The molecule has 0 aliphatic heterocycles. The van der Waals surface area contributed by atoms with Crippen molar-refractivity contribution in [3.63, 3.8) is 0 Å². The highest BCUT2D eigenvalue weighted by molar-refractivity contribution is 6.31. The van der Waals surface area contributed by atoms with Gasteiger partial charge in [-0.1, -0.05) is 17.7 Å². The molecule has 5 heteroatoms. The largest absolute Gasteiger partial charge is 0.497 e. The van der Waals surface area contributed by atoms with E-state index in [9.17, 15) is 4.79 Å². The lowest BCUT2D eigenvalue weighted by atomic mass is 10.0. The molecule has 0 aromatic heterocycles. The van der Waals surface area contributed by atoms with E-state index < -0.39 is 0 Å². The molecule has 0 aliphatic carbocycles. The molecule has 0 amide bonds. The molecule has 4 nitrogen and oxygen atoms in total. The Kier molecular flexibility index (Phi) is 5.25. The standard InChI is InChI=1S/C12H16ClNO3/c1-16-8-3-4-9(10(13)7-8)11(14)5-6-12(15)17-2/h3-4,7,11H,5-6,14H2,1-2H3. The molecule has 0 bridgehead atoms. The predicted octanol–water partition coefficient (Wildman–Crippen LogP) is 2.30. The number of hydrogen-bond acceptors (Lipinski definition) is 4. The molecule has 17 heavy (non-hydrogen) atoms. The second kappa shape index (κ2) is 6.47. The number of carbonyl (C=O) groups is 1. The van der Waals surface area contributed by atoms with Crippen LogP contribution in [0.15, 0.2) is 18.2 Å². The second-order valence-electron chi connectivity index (χ2n) is 3.61. The van der Waals surface area contributed by atoms with Gasteiger partial charge in [-0.05, 0) is 24.1 Å². The smallest absolute Gasteiger partial charge is 0.305 e. The van der Waals surface area contributed by atoms with Crippen LogP contribution in [-0.4, -0.2) is 20.2 Å². The first-order valence-electron chi connectivity index (χ1n) is 5.24. The quantitative estimate of drug-likeness (QED) is 0.823. The summed E-state index contributed by atoms with van der Waals surface area (Å²) in [5.41, 5.74) is 6.76. The van der Waals surface area contributed by atoms with Crippen LogP contribution < -0.4 is 10.5 Å². The van der Waals surface area contributed by atoms with Gasteiger partial charge in [0.05, 0.1) is 14.2 Å². The van der Waals surface area contributed by atoms with Crippen molar-refractivity contribution in [2.75, 3.05) is 14.2 Å². The minimum absolute atomic E-state index is 0.273. The van der Waals surface area contributed by atoms with Crippen LogP contribution >= 0.6 is 11.6 Å². The zero-order chi connectivity index (χ0) is 12.8. The maximum absolute atomic E-state index is 11.0. The van der Waals surface area contributed by atoms with Crippen LogP contribution in [0.1, 0.15) is 24.4 Å². The number of methoxy groups -OCH3 is 2. The summed E-state index contributed by atoms with van der Waals surface area (Å²) in [6.45, 7) is 0. The van der Waals surface area contributed by atoms with Gasteiger partial charge in [-0.2, -0.15) is 0 Å². The van der Waals surface area contributed by atoms with E-state index in [0.29, 0.717) is 17.2 Å². The number of ether oxygens (including phenoxy) is 2. The van der Waals surface area contributed by atoms with Crippen LogP contribution in [0, 0.1) is 0 Å². The van der Waals surface area contributed by atoms with E-state index in [0.717, 1.165) is 5.56 Å². The summed E-state index contributed by atoms with van der Waals surface area (Å²) in [6, 6.07) is 5.02. The van der Waals surface area contributed by atoms with Crippen molar-refractivity contribution in [2.24, 2.45) is 5.73 Å². The van der Waals surface area contributed by atoms with Gasteiger partial charge in [0.2, 0.25) is 0 Å². The molecule has 2 N–H and O–H groups in total. The van der Waals surface area contributed by atoms with Crippen molar-refractivity contribution >= 4 is 17.6 Å². The van der Waals surface area contributed by atoms with Gasteiger partial charge in [-0.25, -0.2) is 0 Å². The third-order valence-electron chi connectivity index (χ3n) is 2.49. The summed E-state index contributed by atoms with van der Waals surface area (Å²) in [7, 11) is 2.93. The lowest BCUT2D eigenvalue weighted by molar-refractivity contribution is -0.140. The average Bonchev–Trinajstić information content (AvgIpc) is 2.35. The molecule has 1 rings (SSSR count). The van der Waals surface area contributed by atoms with Crippen molar-refractivity contribution in [3.8, 4) is 5.75 Å². The summed E-state index contributed by atoms with van der Waals surface area (Å²) in [5, 5.41) is 0.543. The fourth-order valence-corrected chi connectivity index (χ4v) is 1.78. The van der Waals surface area contributed by atoms with Gasteiger partial charge in [0.25, 0.3) is 0 Å². The molecule has 1 aromatic carbocycles. The lowest BCUT2D eigenvalue weighted by Crippen LogP contribution is -2.13. The van der Waals surface area contributed by atoms with E-state index in [1.54, 1.807) is 19.2 Å². The maximum atomic E-state index is 11.0. The Hall–Kier alpha value is -1.26. The second-order valence-corrected chi connectivity index (χ2v) is 4.02. The Morgan fingerprint density at radius 3 is 2.71 bits per heavy atom. The van der Waals surface area contributed by atoms with Crippen LogP contribution in [0.5, 0.6) is 5.75 Å². The number of nitrogens with two attached hydrogens (primary N) is 1. The molecule has 1 atom stereocenters. The first-order chi connectivity index (χ1) is 8.08. The third-order valence-corrected chi connectivity index (χ3v) is 2.82. The predicted molar refractivity (Wildman–Crippen MR) is 66.2 cm³/mol. The summed E-state index contributed by atoms with van der Waals surface area (Å²) in [5.74, 6) is 0.406. The van der Waals surface area contributed by atoms with E-state index in [4.69, 9.17) is 22.1 Å². The average molecular weight is 258 g/mol. The first kappa shape index (κ1) is 13.8. The molecular formula is C12H16ClNO3. The first-order valence-corrected chi connectivity index (χ1v) is 5.62. The number of benzene rings is 1. The Balaban J connectivity index is 2.68. The Bertz CT molecular complexity index is 395. The van der Waals surface area contributed by atoms with Crippen molar-refractivity contribution in [1.29, 1.82) is 0 Å². The monoisotopic (exact) mass is 257 g/mol. The van der Waals surface area contributed by atoms with E-state index in [-0.39, 0.29) is 18.4 Å². The van der Waals surface area contributed by atoms with Crippen molar-refractivity contribution in [1.82, 2.24) is 0 Å². The van der Waals surface area contributed by atoms with Gasteiger partial charge >= 0.3 is 5.97 Å². The molecule has 0 fully saturated rings. The number of hydrogen-bond donors (Lipinski definition) is 1. The highest BCUT2D eigenvalue weighted by Crippen LogP contribution is 2.28. The van der Waals surface area contributed by atoms with E-state index >= 15 is 0 Å². The van der Waals surface area contributed by atoms with Crippen LogP contribution in [-0.2, 0) is 9.53 Å². The van der Waals surface area contributed by atoms with Crippen molar-refractivity contribution in [2.45, 2.75) is 18.9 Å². The van der Waals surface area contributed by atoms with Crippen LogP contribution in [0.25, 0.3) is 0 Å². The highest BCUT2D eigenvalue weighted by Gasteiger charge is 2.13. The number of esters is 1. The molecule has 94 valence electrons. The summed E-state index contributed by atoms with van der Waals surface area (Å²) < 4.78 is 9.60. The van der Waals surface area contributed by atoms with Crippen molar-refractivity contribution < 1.29 is 14.3 Å². The maximum Gasteiger partial charge on any atom is 0.305 e. The van der Waals surface area contributed by atoms with Crippen molar-refractivity contribution in [3.05, 3.63) is 28.8 Å². The SMILES string of the molecule is COC(=O)CCC(N)c1ccc(OC)cc1Cl. The van der Waals surface area contributed by atoms with Gasteiger partial charge in [0, 0.05) is 17.5 Å². The number of halogens is 1. The number of carbonyl (C=O) groups excluding carboxylic acids is 1. The molecule has 1 aromatic rings. The molecule has 0 saturated carbocycles. The minimum Gasteiger partial charge on any atom is -0.497 e. The highest BCUT2D eigenvalue weighted by atomic mass is 35.5. The van der Waals surface area contributed by atoms with E-state index in [2.05, 4.69) is 4.74 Å². The Morgan fingerprint density at radius 2 is 2.18 bits per heavy atom. The molecule has 0 aliphatic rings. The van der Waals surface area contributed by atoms with E-state index in [1.807, 2.05) is 6.07 Å². The topological polar surface area (TPSA) is 61.5 Å². The zero-order valence-corrected chi connectivity index (χ0v) is 10.7. The van der Waals surface area contributed by atoms with Gasteiger partial charge in [0.15, 0.2) is 0 Å². The normalized spacial score (nSPS) is 12.0. The molecule has 0 saturated heterocycles. The molecule has 1 unspecified atom stereocenters. The van der Waals surface area contributed by atoms with Gasteiger partial charge < -0.3 is 15.2 Å². The lowest BCUT2D eigenvalue weighted by Gasteiger charge is -2.13. The summed E-state index contributed by atoms with van der Waals surface area (Å²) >= 11 is 6.08. The fraction of sp³-hybridized carbons (Fsp3) is 0.417. The van der Waals surface area contributed by atoms with E-state index in [1.165, 1.54) is 7.11 Å². The van der Waals surface area contributed by atoms with Crippen LogP contribution in [0.3, 0.4) is 0 Å². The number of rotatable bonds is 5. The van der Waals surface area contributed by atoms with Gasteiger partial charge in [-0.15, -0.1) is 0 Å². The fourth-order valence-electron chi connectivity index (χ4n) is 1.47. The minimum atomic E-state index is -0.285. The Labute approximate surface area is 106 Å². The zero-order valence-electron chi connectivity index (χ0n) is 9.90. The van der Waals surface area contributed by atoms with Crippen LogP contribution in [0.2, 0.25) is 5.02 Å². The summed E-state index contributed by atoms with van der Waals surface area (Å²) in [4.78, 5) is 11.0. The van der Waals surface area contributed by atoms with Crippen LogP contribution in [0.4, 0.5) is 0 Å². The van der Waals surface area contributed by atoms with Gasteiger partial charge in [-0.3, -0.25) is 4.79 Å². The molecular weight excluding hydrogens is 242 g/mol. The Morgan fingerprint density at radius 1 is 1.47 bits per heavy atom. The van der Waals surface area contributed by atoms with Gasteiger partial charge in [0.1, 0.15) is 5.75 Å². The molecule has 0 heterocycles.